The van der Waals surface area contributed by atoms with Gasteiger partial charge in [-0.1, -0.05) is 24.3 Å². The molecule has 5 rings (SSSR count). The standard InChI is InChI=1S/C23H24N4O5S/c28-21(16-27-23(29)32-22(24-27)18-5-2-1-3-6-18)25-11-13-26(14-12-25)33(30,31)20-10-9-17-7-4-8-19(17)15-20/h1-3,5-6,9-10,15H,4,7-8,11-14,16H2. The average Bonchev–Trinajstić information content (AvgIpc) is 3.45. The number of piperazine rings is 1. The number of hydrogen-bond acceptors (Lipinski definition) is 6. The van der Waals surface area contributed by atoms with E-state index in [9.17, 15) is 18.0 Å². The number of carbonyl (C=O) groups is 1. The van der Waals surface area contributed by atoms with Gasteiger partial charge in [-0.05, 0) is 54.7 Å². The summed E-state index contributed by atoms with van der Waals surface area (Å²) in [5, 5.41) is 4.12. The van der Waals surface area contributed by atoms with Crippen LogP contribution in [0.2, 0.25) is 0 Å². The molecule has 1 amide bonds. The van der Waals surface area contributed by atoms with Crippen LogP contribution in [0.4, 0.5) is 0 Å². The molecular weight excluding hydrogens is 444 g/mol. The molecule has 2 heterocycles. The van der Waals surface area contributed by atoms with E-state index in [4.69, 9.17) is 4.42 Å². The predicted octanol–water partition coefficient (Wildman–Crippen LogP) is 1.53. The van der Waals surface area contributed by atoms with Gasteiger partial charge in [0, 0.05) is 31.7 Å². The molecule has 3 aromatic rings. The first-order valence-electron chi connectivity index (χ1n) is 10.9. The van der Waals surface area contributed by atoms with Gasteiger partial charge in [0.2, 0.25) is 21.8 Å². The van der Waals surface area contributed by atoms with Gasteiger partial charge < -0.3 is 9.32 Å². The van der Waals surface area contributed by atoms with Crippen molar-refractivity contribution in [3.8, 4) is 11.5 Å². The molecule has 2 aromatic carbocycles. The summed E-state index contributed by atoms with van der Waals surface area (Å²) in [7, 11) is -3.61. The maximum absolute atomic E-state index is 13.1. The van der Waals surface area contributed by atoms with Gasteiger partial charge in [-0.2, -0.15) is 8.99 Å². The highest BCUT2D eigenvalue weighted by Gasteiger charge is 2.31. The Morgan fingerprint density at radius 2 is 1.70 bits per heavy atom. The van der Waals surface area contributed by atoms with Crippen LogP contribution >= 0.6 is 0 Å². The number of fused-ring (bicyclic) bond motifs is 1. The van der Waals surface area contributed by atoms with E-state index < -0.39 is 15.8 Å². The van der Waals surface area contributed by atoms with Gasteiger partial charge in [0.05, 0.1) is 4.90 Å². The van der Waals surface area contributed by atoms with Gasteiger partial charge in [0.1, 0.15) is 6.54 Å². The Morgan fingerprint density at radius 1 is 0.970 bits per heavy atom. The second-order valence-electron chi connectivity index (χ2n) is 8.27. The fraction of sp³-hybridized carbons (Fsp3) is 0.348. The van der Waals surface area contributed by atoms with Crippen LogP contribution in [0.3, 0.4) is 0 Å². The molecule has 0 saturated carbocycles. The topological polar surface area (TPSA) is 106 Å². The third-order valence-corrected chi connectivity index (χ3v) is 8.11. The second kappa shape index (κ2) is 8.60. The first-order chi connectivity index (χ1) is 15.9. The molecule has 1 aliphatic carbocycles. The van der Waals surface area contributed by atoms with Crippen molar-refractivity contribution in [3.63, 3.8) is 0 Å². The third-order valence-electron chi connectivity index (χ3n) is 6.21. The van der Waals surface area contributed by atoms with Gasteiger partial charge in [-0.25, -0.2) is 13.2 Å². The van der Waals surface area contributed by atoms with Gasteiger partial charge in [-0.3, -0.25) is 4.79 Å². The van der Waals surface area contributed by atoms with Crippen molar-refractivity contribution in [2.24, 2.45) is 0 Å². The van der Waals surface area contributed by atoms with Crippen LogP contribution in [0.5, 0.6) is 0 Å². The molecule has 2 aliphatic rings. The van der Waals surface area contributed by atoms with Crippen molar-refractivity contribution >= 4 is 15.9 Å². The highest BCUT2D eigenvalue weighted by atomic mass is 32.2. The molecule has 9 nitrogen and oxygen atoms in total. The van der Waals surface area contributed by atoms with Crippen LogP contribution in [0.15, 0.2) is 62.6 Å². The molecule has 172 valence electrons. The molecular formula is C23H24N4O5S. The number of aromatic nitrogens is 2. The number of aryl methyl sites for hydroxylation is 2. The van der Waals surface area contributed by atoms with E-state index in [1.165, 1.54) is 9.87 Å². The van der Waals surface area contributed by atoms with Crippen LogP contribution in [-0.4, -0.2) is 59.5 Å². The summed E-state index contributed by atoms with van der Waals surface area (Å²) < 4.78 is 33.8. The van der Waals surface area contributed by atoms with Gasteiger partial charge >= 0.3 is 5.76 Å². The second-order valence-corrected chi connectivity index (χ2v) is 10.2. The Bertz CT molecular complexity index is 1340. The fourth-order valence-corrected chi connectivity index (χ4v) is 5.84. The monoisotopic (exact) mass is 468 g/mol. The van der Waals surface area contributed by atoms with Gasteiger partial charge in [0.25, 0.3) is 0 Å². The summed E-state index contributed by atoms with van der Waals surface area (Å²) in [5.74, 6) is -0.863. The maximum atomic E-state index is 13.1. The van der Waals surface area contributed by atoms with E-state index in [1.807, 2.05) is 12.1 Å². The molecule has 1 aliphatic heterocycles. The van der Waals surface area contributed by atoms with Crippen molar-refractivity contribution in [2.75, 3.05) is 26.2 Å². The van der Waals surface area contributed by atoms with E-state index in [1.54, 1.807) is 41.3 Å². The van der Waals surface area contributed by atoms with E-state index in [2.05, 4.69) is 5.10 Å². The molecule has 0 bridgehead atoms. The lowest BCUT2D eigenvalue weighted by Gasteiger charge is -2.34. The minimum atomic E-state index is -3.61. The number of nitrogens with zero attached hydrogens (tertiary/aromatic N) is 4. The van der Waals surface area contributed by atoms with Crippen molar-refractivity contribution < 1.29 is 17.6 Å². The molecule has 0 spiro atoms. The summed E-state index contributed by atoms with van der Waals surface area (Å²) in [6.07, 6.45) is 2.97. The molecule has 1 saturated heterocycles. The normalized spacial score (nSPS) is 16.7. The van der Waals surface area contributed by atoms with Crippen molar-refractivity contribution in [2.45, 2.75) is 30.7 Å². The van der Waals surface area contributed by atoms with E-state index in [0.29, 0.717) is 10.5 Å². The van der Waals surface area contributed by atoms with Crippen LogP contribution < -0.4 is 5.76 Å². The Labute approximate surface area is 191 Å². The summed E-state index contributed by atoms with van der Waals surface area (Å²) in [6.45, 7) is 0.650. The minimum Gasteiger partial charge on any atom is -0.388 e. The fourth-order valence-electron chi connectivity index (χ4n) is 4.37. The maximum Gasteiger partial charge on any atom is 0.437 e. The first-order valence-corrected chi connectivity index (χ1v) is 12.4. The van der Waals surface area contributed by atoms with Crippen molar-refractivity contribution in [1.29, 1.82) is 0 Å². The van der Waals surface area contributed by atoms with Crippen LogP contribution in [-0.2, 0) is 34.2 Å². The van der Waals surface area contributed by atoms with Crippen molar-refractivity contribution in [1.82, 2.24) is 19.0 Å². The molecule has 1 aromatic heterocycles. The Morgan fingerprint density at radius 3 is 2.45 bits per heavy atom. The number of carbonyl (C=O) groups excluding carboxylic acids is 1. The largest absolute Gasteiger partial charge is 0.437 e. The van der Waals surface area contributed by atoms with Crippen LogP contribution in [0.1, 0.15) is 17.5 Å². The lowest BCUT2D eigenvalue weighted by Crippen LogP contribution is -2.51. The number of sulfonamides is 1. The smallest absolute Gasteiger partial charge is 0.388 e. The molecule has 0 atom stereocenters. The Kier molecular flexibility index (Phi) is 5.63. The number of benzene rings is 2. The first kappa shape index (κ1) is 21.6. The van der Waals surface area contributed by atoms with Crippen LogP contribution in [0, 0.1) is 0 Å². The zero-order valence-corrected chi connectivity index (χ0v) is 18.8. The quantitative estimate of drug-likeness (QED) is 0.562. The average molecular weight is 469 g/mol. The highest BCUT2D eigenvalue weighted by molar-refractivity contribution is 7.89. The zero-order chi connectivity index (χ0) is 23.0. The highest BCUT2D eigenvalue weighted by Crippen LogP contribution is 2.26. The molecule has 0 radical (unpaired) electrons. The summed E-state index contributed by atoms with van der Waals surface area (Å²) in [4.78, 5) is 26.7. The van der Waals surface area contributed by atoms with Gasteiger partial charge in [-0.15, -0.1) is 5.10 Å². The molecule has 33 heavy (non-hydrogen) atoms. The SMILES string of the molecule is O=C(Cn1nc(-c2ccccc2)oc1=O)N1CCN(S(=O)(=O)c2ccc3c(c2)CCC3)CC1. The summed E-state index contributed by atoms with van der Waals surface area (Å²) in [5.41, 5.74) is 2.98. The van der Waals surface area contributed by atoms with E-state index in [-0.39, 0.29) is 44.5 Å². The number of hydrogen-bond donors (Lipinski definition) is 0. The molecule has 0 unspecified atom stereocenters. The summed E-state index contributed by atoms with van der Waals surface area (Å²) in [6, 6.07) is 14.3. The minimum absolute atomic E-state index is 0.152. The van der Waals surface area contributed by atoms with E-state index in [0.717, 1.165) is 29.5 Å². The number of amides is 1. The third kappa shape index (κ3) is 4.23. The lowest BCUT2D eigenvalue weighted by atomic mass is 10.1. The van der Waals surface area contributed by atoms with E-state index >= 15 is 0 Å². The Balaban J connectivity index is 1.23. The number of rotatable bonds is 5. The summed E-state index contributed by atoms with van der Waals surface area (Å²) >= 11 is 0. The zero-order valence-electron chi connectivity index (χ0n) is 18.0. The molecule has 1 fully saturated rings. The van der Waals surface area contributed by atoms with Gasteiger partial charge in [0.15, 0.2) is 0 Å². The molecule has 0 N–H and O–H groups in total. The molecule has 10 heteroatoms. The predicted molar refractivity (Wildman–Crippen MR) is 120 cm³/mol. The Hall–Kier alpha value is -3.24. The van der Waals surface area contributed by atoms with Crippen molar-refractivity contribution in [3.05, 3.63) is 70.2 Å². The van der Waals surface area contributed by atoms with Crippen LogP contribution in [0.25, 0.3) is 11.5 Å². The lowest BCUT2D eigenvalue weighted by molar-refractivity contribution is -0.133.